The van der Waals surface area contributed by atoms with Crippen LogP contribution >= 0.6 is 50.7 Å². The Labute approximate surface area is 178 Å². The molecule has 1 saturated carbocycles. The first-order valence-electron chi connectivity index (χ1n) is 8.15. The summed E-state index contributed by atoms with van der Waals surface area (Å²) in [7, 11) is 0. The van der Waals surface area contributed by atoms with Crippen molar-refractivity contribution in [3.63, 3.8) is 0 Å². The molecular formula is C19H12BrCl3FNO2. The highest BCUT2D eigenvalue weighted by molar-refractivity contribution is 9.10. The van der Waals surface area contributed by atoms with Crippen LogP contribution in [-0.2, 0) is 6.61 Å². The second-order valence-electron chi connectivity index (χ2n) is 6.26. The average molecular weight is 492 g/mol. The number of aromatic nitrogens is 1. The van der Waals surface area contributed by atoms with Crippen molar-refractivity contribution >= 4 is 50.7 Å². The largest absolute Gasteiger partial charge is 0.489 e. The molecule has 0 unspecified atom stereocenters. The summed E-state index contributed by atoms with van der Waals surface area (Å²) in [4.78, 5) is 0. The van der Waals surface area contributed by atoms with E-state index in [0.29, 0.717) is 27.9 Å². The summed E-state index contributed by atoms with van der Waals surface area (Å²) in [6, 6.07) is 7.73. The normalized spacial score (nSPS) is 13.8. The average Bonchev–Trinajstić information content (AvgIpc) is 3.37. The molecule has 0 N–H and O–H groups in total. The van der Waals surface area contributed by atoms with Crippen molar-refractivity contribution in [3.8, 4) is 17.0 Å². The topological polar surface area (TPSA) is 35.3 Å². The Morgan fingerprint density at radius 1 is 1.11 bits per heavy atom. The summed E-state index contributed by atoms with van der Waals surface area (Å²) in [5, 5.41) is 5.05. The SMILES string of the molecule is Fc1cc(Cl)c(-c2noc(C3CC3)c2COc2ccc(Br)c(Cl)c2)c(Cl)c1. The van der Waals surface area contributed by atoms with Crippen molar-refractivity contribution in [2.45, 2.75) is 25.4 Å². The minimum atomic E-state index is -0.512. The van der Waals surface area contributed by atoms with E-state index in [2.05, 4.69) is 21.1 Å². The van der Waals surface area contributed by atoms with Crippen LogP contribution in [0.3, 0.4) is 0 Å². The minimum Gasteiger partial charge on any atom is -0.489 e. The smallest absolute Gasteiger partial charge is 0.147 e. The van der Waals surface area contributed by atoms with Crippen LogP contribution in [0.15, 0.2) is 39.3 Å². The van der Waals surface area contributed by atoms with Crippen LogP contribution < -0.4 is 4.74 Å². The van der Waals surface area contributed by atoms with Gasteiger partial charge >= 0.3 is 0 Å². The highest BCUT2D eigenvalue weighted by atomic mass is 79.9. The molecule has 0 spiro atoms. The lowest BCUT2D eigenvalue weighted by molar-refractivity contribution is 0.300. The van der Waals surface area contributed by atoms with Crippen molar-refractivity contribution in [2.24, 2.45) is 0 Å². The molecule has 4 rings (SSSR count). The lowest BCUT2D eigenvalue weighted by Gasteiger charge is -2.10. The molecule has 0 bridgehead atoms. The van der Waals surface area contributed by atoms with Crippen molar-refractivity contribution in [1.82, 2.24) is 5.16 Å². The van der Waals surface area contributed by atoms with Crippen molar-refractivity contribution in [3.05, 3.63) is 67.0 Å². The standard InChI is InChI=1S/C19H12BrCl3FNO2/c20-13-4-3-11(7-14(13)21)26-8-12-18(25-27-19(12)9-1-2-9)17-15(22)5-10(24)6-16(17)23/h3-7,9H,1-2,8H2. The van der Waals surface area contributed by atoms with Crippen LogP contribution in [0.1, 0.15) is 30.1 Å². The molecule has 1 heterocycles. The van der Waals surface area contributed by atoms with Gasteiger partial charge in [0.05, 0.1) is 20.6 Å². The van der Waals surface area contributed by atoms with E-state index >= 15 is 0 Å². The summed E-state index contributed by atoms with van der Waals surface area (Å²) >= 11 is 21.9. The van der Waals surface area contributed by atoms with Crippen LogP contribution in [0.4, 0.5) is 4.39 Å². The molecule has 27 heavy (non-hydrogen) atoms. The van der Waals surface area contributed by atoms with Gasteiger partial charge in [0, 0.05) is 16.0 Å². The molecule has 0 atom stereocenters. The predicted molar refractivity (Wildman–Crippen MR) is 107 cm³/mol. The zero-order valence-corrected chi connectivity index (χ0v) is 17.6. The Morgan fingerprint density at radius 2 is 1.81 bits per heavy atom. The number of hydrogen-bond donors (Lipinski definition) is 0. The number of halogens is 5. The monoisotopic (exact) mass is 489 g/mol. The Hall–Kier alpha value is -1.27. The van der Waals surface area contributed by atoms with E-state index < -0.39 is 5.82 Å². The Morgan fingerprint density at radius 3 is 2.44 bits per heavy atom. The molecule has 140 valence electrons. The van der Waals surface area contributed by atoms with E-state index in [1.807, 2.05) is 6.07 Å². The fourth-order valence-corrected chi connectivity index (χ4v) is 3.87. The lowest BCUT2D eigenvalue weighted by Crippen LogP contribution is -2.00. The Balaban J connectivity index is 1.71. The molecule has 0 amide bonds. The molecule has 0 aliphatic heterocycles. The summed E-state index contributed by atoms with van der Waals surface area (Å²) in [5.74, 6) is 1.15. The third-order valence-corrected chi connectivity index (χ3v) is 6.11. The summed E-state index contributed by atoms with van der Waals surface area (Å²) in [6.07, 6.45) is 2.05. The molecule has 3 nitrogen and oxygen atoms in total. The molecular weight excluding hydrogens is 479 g/mol. The maximum Gasteiger partial charge on any atom is 0.147 e. The van der Waals surface area contributed by atoms with Crippen molar-refractivity contribution in [2.75, 3.05) is 0 Å². The van der Waals surface area contributed by atoms with Gasteiger partial charge in [-0.05, 0) is 59.1 Å². The Bertz CT molecular complexity index is 997. The highest BCUT2D eigenvalue weighted by Crippen LogP contribution is 2.46. The molecule has 1 aliphatic carbocycles. The van der Waals surface area contributed by atoms with E-state index in [4.69, 9.17) is 44.1 Å². The highest BCUT2D eigenvalue weighted by Gasteiger charge is 2.33. The number of hydrogen-bond acceptors (Lipinski definition) is 3. The van der Waals surface area contributed by atoms with E-state index in [9.17, 15) is 4.39 Å². The number of benzene rings is 2. The summed E-state index contributed by atoms with van der Waals surface area (Å²) in [6.45, 7) is 0.201. The second kappa shape index (κ2) is 7.63. The molecule has 3 aromatic rings. The lowest BCUT2D eigenvalue weighted by atomic mass is 10.0. The molecule has 1 fully saturated rings. The first-order valence-corrected chi connectivity index (χ1v) is 10.1. The number of nitrogens with zero attached hydrogens (tertiary/aromatic N) is 1. The zero-order valence-electron chi connectivity index (χ0n) is 13.7. The van der Waals surface area contributed by atoms with E-state index in [1.165, 1.54) is 12.1 Å². The molecule has 8 heteroatoms. The molecule has 0 radical (unpaired) electrons. The molecule has 0 saturated heterocycles. The van der Waals surface area contributed by atoms with E-state index in [1.54, 1.807) is 12.1 Å². The minimum absolute atomic E-state index is 0.170. The van der Waals surface area contributed by atoms with Crippen molar-refractivity contribution < 1.29 is 13.7 Å². The van der Waals surface area contributed by atoms with Gasteiger partial charge in [-0.25, -0.2) is 4.39 Å². The van der Waals surface area contributed by atoms with Gasteiger partial charge in [0.15, 0.2) is 0 Å². The zero-order chi connectivity index (χ0) is 19.1. The van der Waals surface area contributed by atoms with Crippen LogP contribution in [0, 0.1) is 5.82 Å². The molecule has 2 aromatic carbocycles. The summed E-state index contributed by atoms with van der Waals surface area (Å²) in [5.41, 5.74) is 1.66. The fraction of sp³-hybridized carbons (Fsp3) is 0.211. The van der Waals surface area contributed by atoms with Crippen LogP contribution in [0.5, 0.6) is 5.75 Å². The van der Waals surface area contributed by atoms with Gasteiger partial charge in [-0.3, -0.25) is 0 Å². The van der Waals surface area contributed by atoms with Gasteiger partial charge < -0.3 is 9.26 Å². The van der Waals surface area contributed by atoms with Gasteiger partial charge in [-0.1, -0.05) is 40.0 Å². The quantitative estimate of drug-likeness (QED) is 0.368. The van der Waals surface area contributed by atoms with Gasteiger partial charge in [-0.2, -0.15) is 0 Å². The predicted octanol–water partition coefficient (Wildman–Crippen LogP) is 7.66. The third-order valence-electron chi connectivity index (χ3n) is 4.28. The Kier molecular flexibility index (Phi) is 5.39. The van der Waals surface area contributed by atoms with E-state index in [0.717, 1.165) is 28.6 Å². The molecule has 1 aliphatic rings. The number of ether oxygens (including phenoxy) is 1. The van der Waals surface area contributed by atoms with Crippen LogP contribution in [0.2, 0.25) is 15.1 Å². The number of rotatable bonds is 5. The third kappa shape index (κ3) is 3.97. The maximum atomic E-state index is 13.6. The second-order valence-corrected chi connectivity index (χ2v) is 8.33. The van der Waals surface area contributed by atoms with Gasteiger partial charge in [0.2, 0.25) is 0 Å². The van der Waals surface area contributed by atoms with Gasteiger partial charge in [0.1, 0.15) is 29.6 Å². The summed E-state index contributed by atoms with van der Waals surface area (Å²) < 4.78 is 25.8. The first kappa shape index (κ1) is 19.1. The van der Waals surface area contributed by atoms with Gasteiger partial charge in [0.25, 0.3) is 0 Å². The van der Waals surface area contributed by atoms with Crippen LogP contribution in [-0.4, -0.2) is 5.16 Å². The fourth-order valence-electron chi connectivity index (χ4n) is 2.81. The molecule has 1 aromatic heterocycles. The van der Waals surface area contributed by atoms with Crippen LogP contribution in [0.25, 0.3) is 11.3 Å². The van der Waals surface area contributed by atoms with Gasteiger partial charge in [-0.15, -0.1) is 0 Å². The van der Waals surface area contributed by atoms with Crippen molar-refractivity contribution in [1.29, 1.82) is 0 Å². The maximum absolute atomic E-state index is 13.6. The first-order chi connectivity index (χ1) is 12.9. The van der Waals surface area contributed by atoms with E-state index in [-0.39, 0.29) is 16.7 Å².